The highest BCUT2D eigenvalue weighted by atomic mass is 35.5. The molecule has 2 N–H and O–H groups in total. The van der Waals surface area contributed by atoms with Crippen LogP contribution in [-0.2, 0) is 0 Å². The molecule has 98 valence electrons. The predicted octanol–water partition coefficient (Wildman–Crippen LogP) is 4.42. The maximum absolute atomic E-state index is 12.4. The Morgan fingerprint density at radius 3 is 2.26 bits per heavy atom. The van der Waals surface area contributed by atoms with Crippen molar-refractivity contribution >= 4 is 34.7 Å². The van der Waals surface area contributed by atoms with E-state index in [-0.39, 0.29) is 5.78 Å². The first-order valence-electron chi connectivity index (χ1n) is 5.76. The summed E-state index contributed by atoms with van der Waals surface area (Å²) in [6, 6.07) is 8.36. The number of nitrogens with two attached hydrogens (primary N) is 1. The van der Waals surface area contributed by atoms with Crippen LogP contribution in [0, 0.1) is 13.8 Å². The SMILES string of the molecule is Cc1cc(Cl)c(C(=O)c2cc(N)cc(Cl)c2)cc1C. The molecular weight excluding hydrogens is 281 g/mol. The van der Waals surface area contributed by atoms with E-state index in [0.29, 0.717) is 26.9 Å². The van der Waals surface area contributed by atoms with Crippen molar-refractivity contribution in [3.63, 3.8) is 0 Å². The second kappa shape index (κ2) is 5.24. The van der Waals surface area contributed by atoms with Gasteiger partial charge in [-0.1, -0.05) is 23.2 Å². The fourth-order valence-corrected chi connectivity index (χ4v) is 2.40. The third-order valence-corrected chi connectivity index (χ3v) is 3.54. The molecule has 2 nitrogen and oxygen atoms in total. The summed E-state index contributed by atoms with van der Waals surface area (Å²) in [5.74, 6) is -0.178. The number of carbonyl (C=O) groups is 1. The van der Waals surface area contributed by atoms with E-state index in [0.717, 1.165) is 11.1 Å². The Morgan fingerprint density at radius 1 is 1.00 bits per heavy atom. The van der Waals surface area contributed by atoms with Gasteiger partial charge < -0.3 is 5.73 Å². The first kappa shape index (κ1) is 13.9. The lowest BCUT2D eigenvalue weighted by Gasteiger charge is -2.08. The molecule has 0 amide bonds. The zero-order valence-electron chi connectivity index (χ0n) is 10.6. The number of hydrogen-bond donors (Lipinski definition) is 1. The highest BCUT2D eigenvalue weighted by Gasteiger charge is 2.15. The molecule has 0 saturated carbocycles. The Kier molecular flexibility index (Phi) is 3.83. The summed E-state index contributed by atoms with van der Waals surface area (Å²) in [6.45, 7) is 3.89. The summed E-state index contributed by atoms with van der Waals surface area (Å²) in [4.78, 5) is 12.4. The van der Waals surface area contributed by atoms with Gasteiger partial charge in [0.1, 0.15) is 0 Å². The Labute approximate surface area is 122 Å². The summed E-state index contributed by atoms with van der Waals surface area (Å²) >= 11 is 12.1. The van der Waals surface area contributed by atoms with Gasteiger partial charge in [0.2, 0.25) is 0 Å². The van der Waals surface area contributed by atoms with E-state index in [4.69, 9.17) is 28.9 Å². The molecule has 0 aliphatic rings. The Bertz CT molecular complexity index is 645. The van der Waals surface area contributed by atoms with Gasteiger partial charge in [0, 0.05) is 21.8 Å². The number of halogens is 2. The summed E-state index contributed by atoms with van der Waals surface area (Å²) in [5, 5.41) is 0.870. The third-order valence-electron chi connectivity index (χ3n) is 3.01. The van der Waals surface area contributed by atoms with Crippen LogP contribution in [0.3, 0.4) is 0 Å². The van der Waals surface area contributed by atoms with E-state index in [1.165, 1.54) is 0 Å². The molecular formula is C15H13Cl2NO. The first-order chi connectivity index (χ1) is 8.88. The molecule has 0 fully saturated rings. The normalized spacial score (nSPS) is 10.5. The molecule has 0 atom stereocenters. The number of aryl methyl sites for hydroxylation is 2. The zero-order valence-corrected chi connectivity index (χ0v) is 12.1. The monoisotopic (exact) mass is 293 g/mol. The van der Waals surface area contributed by atoms with Gasteiger partial charge in [0.25, 0.3) is 0 Å². The molecule has 0 saturated heterocycles. The number of nitrogen functional groups attached to an aromatic ring is 1. The van der Waals surface area contributed by atoms with Gasteiger partial charge >= 0.3 is 0 Å². The largest absolute Gasteiger partial charge is 0.399 e. The molecule has 2 rings (SSSR count). The molecule has 0 bridgehead atoms. The molecule has 19 heavy (non-hydrogen) atoms. The van der Waals surface area contributed by atoms with Gasteiger partial charge in [0.05, 0.1) is 5.02 Å². The van der Waals surface area contributed by atoms with E-state index in [1.807, 2.05) is 13.8 Å². The average molecular weight is 294 g/mol. The average Bonchev–Trinajstić information content (AvgIpc) is 2.31. The number of hydrogen-bond acceptors (Lipinski definition) is 2. The number of ketones is 1. The highest BCUT2D eigenvalue weighted by molar-refractivity contribution is 6.35. The molecule has 2 aromatic carbocycles. The first-order valence-corrected chi connectivity index (χ1v) is 6.51. The number of carbonyl (C=O) groups excluding carboxylic acids is 1. The van der Waals surface area contributed by atoms with E-state index in [9.17, 15) is 4.79 Å². The summed E-state index contributed by atoms with van der Waals surface area (Å²) < 4.78 is 0. The minimum absolute atomic E-state index is 0.178. The molecule has 2 aromatic rings. The van der Waals surface area contributed by atoms with Crippen LogP contribution in [0.25, 0.3) is 0 Å². The van der Waals surface area contributed by atoms with Crippen molar-refractivity contribution in [2.75, 3.05) is 5.73 Å². The molecule has 0 unspecified atom stereocenters. The van der Waals surface area contributed by atoms with Crippen molar-refractivity contribution in [3.05, 3.63) is 62.6 Å². The maximum atomic E-state index is 12.4. The summed E-state index contributed by atoms with van der Waals surface area (Å²) in [7, 11) is 0. The Morgan fingerprint density at radius 2 is 1.63 bits per heavy atom. The molecule has 0 heterocycles. The van der Waals surface area contributed by atoms with Gasteiger partial charge in [-0.05, 0) is 55.3 Å². The molecule has 0 aliphatic heterocycles. The predicted molar refractivity (Wildman–Crippen MR) is 80.2 cm³/mol. The van der Waals surface area contributed by atoms with Crippen LogP contribution in [-0.4, -0.2) is 5.78 Å². The van der Waals surface area contributed by atoms with Crippen molar-refractivity contribution in [1.29, 1.82) is 0 Å². The van der Waals surface area contributed by atoms with Crippen LogP contribution >= 0.6 is 23.2 Å². The van der Waals surface area contributed by atoms with E-state index >= 15 is 0 Å². The van der Waals surface area contributed by atoms with Crippen LogP contribution in [0.2, 0.25) is 10.0 Å². The van der Waals surface area contributed by atoms with Crippen molar-refractivity contribution in [3.8, 4) is 0 Å². The maximum Gasteiger partial charge on any atom is 0.194 e. The van der Waals surface area contributed by atoms with Crippen LogP contribution in [0.15, 0.2) is 30.3 Å². The van der Waals surface area contributed by atoms with Crippen LogP contribution in [0.1, 0.15) is 27.0 Å². The second-order valence-electron chi connectivity index (χ2n) is 4.52. The van der Waals surface area contributed by atoms with Crippen molar-refractivity contribution in [1.82, 2.24) is 0 Å². The topological polar surface area (TPSA) is 43.1 Å². The molecule has 0 aromatic heterocycles. The van der Waals surface area contributed by atoms with Crippen LogP contribution < -0.4 is 5.73 Å². The van der Waals surface area contributed by atoms with Crippen LogP contribution in [0.4, 0.5) is 5.69 Å². The smallest absolute Gasteiger partial charge is 0.194 e. The van der Waals surface area contributed by atoms with Gasteiger partial charge in [-0.2, -0.15) is 0 Å². The Balaban J connectivity index is 2.53. The van der Waals surface area contributed by atoms with Crippen molar-refractivity contribution < 1.29 is 4.79 Å². The van der Waals surface area contributed by atoms with Crippen molar-refractivity contribution in [2.24, 2.45) is 0 Å². The van der Waals surface area contributed by atoms with Gasteiger partial charge in [-0.3, -0.25) is 4.79 Å². The standard InChI is InChI=1S/C15H13Cl2NO/c1-8-3-13(14(17)4-9(8)2)15(19)10-5-11(16)7-12(18)6-10/h3-7H,18H2,1-2H3. The molecule has 0 spiro atoms. The minimum atomic E-state index is -0.178. The van der Waals surface area contributed by atoms with Gasteiger partial charge in [0.15, 0.2) is 5.78 Å². The fraction of sp³-hybridized carbons (Fsp3) is 0.133. The molecule has 0 aliphatic carbocycles. The molecule has 0 radical (unpaired) electrons. The number of rotatable bonds is 2. The third kappa shape index (κ3) is 2.91. The zero-order chi connectivity index (χ0) is 14.2. The number of benzene rings is 2. The van der Waals surface area contributed by atoms with E-state index < -0.39 is 0 Å². The lowest BCUT2D eigenvalue weighted by Crippen LogP contribution is -2.04. The van der Waals surface area contributed by atoms with Gasteiger partial charge in [-0.15, -0.1) is 0 Å². The van der Waals surface area contributed by atoms with Gasteiger partial charge in [-0.25, -0.2) is 0 Å². The molecule has 4 heteroatoms. The Hall–Kier alpha value is -1.51. The van der Waals surface area contributed by atoms with E-state index in [2.05, 4.69) is 0 Å². The minimum Gasteiger partial charge on any atom is -0.399 e. The van der Waals surface area contributed by atoms with Crippen molar-refractivity contribution in [2.45, 2.75) is 13.8 Å². The van der Waals surface area contributed by atoms with E-state index in [1.54, 1.807) is 30.3 Å². The highest BCUT2D eigenvalue weighted by Crippen LogP contribution is 2.25. The lowest BCUT2D eigenvalue weighted by atomic mass is 9.99. The second-order valence-corrected chi connectivity index (χ2v) is 5.36. The summed E-state index contributed by atoms with van der Waals surface area (Å²) in [5.41, 5.74) is 9.12. The quantitative estimate of drug-likeness (QED) is 0.658. The lowest BCUT2D eigenvalue weighted by molar-refractivity contribution is 0.103. The summed E-state index contributed by atoms with van der Waals surface area (Å²) in [6.07, 6.45) is 0. The number of anilines is 1. The fourth-order valence-electron chi connectivity index (χ4n) is 1.85. The van der Waals surface area contributed by atoms with Crippen LogP contribution in [0.5, 0.6) is 0 Å².